The molecule has 3 aromatic heterocycles. The largest absolute Gasteiger partial charge is 0.369 e. The van der Waals surface area contributed by atoms with E-state index >= 15 is 0 Å². The molecule has 0 unspecified atom stereocenters. The van der Waals surface area contributed by atoms with E-state index in [4.69, 9.17) is 15.7 Å². The molecule has 0 saturated heterocycles. The van der Waals surface area contributed by atoms with Crippen LogP contribution in [0.25, 0.3) is 28.5 Å². The summed E-state index contributed by atoms with van der Waals surface area (Å²) in [6.07, 6.45) is 7.49. The zero-order valence-corrected chi connectivity index (χ0v) is 18.5. The molecule has 0 fully saturated rings. The first-order valence-electron chi connectivity index (χ1n) is 10.9. The van der Waals surface area contributed by atoms with Gasteiger partial charge < -0.3 is 13.8 Å². The van der Waals surface area contributed by atoms with Gasteiger partial charge in [0.15, 0.2) is 17.4 Å². The van der Waals surface area contributed by atoms with Gasteiger partial charge >= 0.3 is 0 Å². The Morgan fingerprint density at radius 1 is 1.06 bits per heavy atom. The van der Waals surface area contributed by atoms with E-state index in [0.29, 0.717) is 25.5 Å². The van der Waals surface area contributed by atoms with E-state index in [9.17, 15) is 0 Å². The van der Waals surface area contributed by atoms with Gasteiger partial charge in [0.05, 0.1) is 30.2 Å². The van der Waals surface area contributed by atoms with E-state index in [-0.39, 0.29) is 14.9 Å². The van der Waals surface area contributed by atoms with Crippen LogP contribution < -0.4 is 0 Å². The van der Waals surface area contributed by atoms with E-state index in [1.807, 2.05) is 66.1 Å². The highest BCUT2D eigenvalue weighted by Crippen LogP contribution is 2.35. The molecule has 4 heterocycles. The monoisotopic (exact) mass is 480 g/mol. The number of aryl methyl sites for hydroxylation is 1. The first kappa shape index (κ1) is 24.6. The topological polar surface area (TPSA) is 83.8 Å². The smallest absolute Gasteiger partial charge is 0.187 e. The van der Waals surface area contributed by atoms with Gasteiger partial charge in [0.2, 0.25) is 0 Å². The lowest BCUT2D eigenvalue weighted by atomic mass is 10.1. The molecule has 6 rings (SSSR count). The van der Waals surface area contributed by atoms with Crippen LogP contribution in [0.2, 0.25) is 0 Å². The fourth-order valence-corrected chi connectivity index (χ4v) is 4.22. The van der Waals surface area contributed by atoms with Crippen molar-refractivity contribution in [3.05, 3.63) is 89.3 Å². The van der Waals surface area contributed by atoms with Crippen molar-refractivity contribution in [2.24, 2.45) is 0 Å². The van der Waals surface area contributed by atoms with Crippen LogP contribution in [0.5, 0.6) is 0 Å². The van der Waals surface area contributed by atoms with Crippen LogP contribution in [0.1, 0.15) is 43.2 Å². The minimum absolute atomic E-state index is 0. The molecule has 0 amide bonds. The zero-order valence-electron chi connectivity index (χ0n) is 18.5. The second-order valence-corrected chi connectivity index (χ2v) is 8.12. The number of imidazole rings is 1. The van der Waals surface area contributed by atoms with Gasteiger partial charge in [0, 0.05) is 17.2 Å². The van der Waals surface area contributed by atoms with Gasteiger partial charge in [0.25, 0.3) is 0 Å². The average molecular weight is 481 g/mol. The van der Waals surface area contributed by atoms with Crippen LogP contribution in [0.15, 0.2) is 65.4 Å². The van der Waals surface area contributed by atoms with Crippen LogP contribution in [-0.2, 0) is 24.5 Å². The number of hydrogen-bond donors (Lipinski definition) is 0. The number of terminal acetylenes is 1. The minimum atomic E-state index is 0. The number of ether oxygens (including phenoxy) is 1. The molecule has 8 heteroatoms. The summed E-state index contributed by atoms with van der Waals surface area (Å²) in [4.78, 5) is 4.66. The summed E-state index contributed by atoms with van der Waals surface area (Å²) >= 11 is 0. The van der Waals surface area contributed by atoms with Crippen LogP contribution >= 0.6 is 0 Å². The van der Waals surface area contributed by atoms with Gasteiger partial charge in [-0.15, -0.1) is 16.6 Å². The van der Waals surface area contributed by atoms with E-state index in [0.717, 1.165) is 51.1 Å². The van der Waals surface area contributed by atoms with Crippen molar-refractivity contribution in [1.82, 2.24) is 29.5 Å². The zero-order chi connectivity index (χ0) is 23.1. The third-order valence-electron chi connectivity index (χ3n) is 5.87. The normalized spacial score (nSPS) is 11.2. The van der Waals surface area contributed by atoms with Crippen LogP contribution in [0.4, 0.5) is 0 Å². The fraction of sp³-hybridized carbons (Fsp3) is 0.214. The quantitative estimate of drug-likeness (QED) is 0.306. The summed E-state index contributed by atoms with van der Waals surface area (Å²) in [5.74, 6) is 4.78. The maximum atomic E-state index is 5.98. The van der Waals surface area contributed by atoms with Gasteiger partial charge in [-0.3, -0.25) is 4.57 Å². The van der Waals surface area contributed by atoms with Crippen molar-refractivity contribution < 1.29 is 9.26 Å². The Hall–Kier alpha value is -4.48. The Kier molecular flexibility index (Phi) is 6.86. The highest BCUT2D eigenvalue weighted by molar-refractivity contribution is 5.73. The third kappa shape index (κ3) is 4.21. The van der Waals surface area contributed by atoms with E-state index < -0.39 is 0 Å². The molecule has 0 aliphatic carbocycles. The van der Waals surface area contributed by atoms with Gasteiger partial charge in [-0.1, -0.05) is 56.3 Å². The second kappa shape index (κ2) is 10.0. The van der Waals surface area contributed by atoms with E-state index in [2.05, 4.69) is 30.8 Å². The molecule has 182 valence electrons. The molecule has 8 nitrogen and oxygen atoms in total. The second-order valence-electron chi connectivity index (χ2n) is 8.12. The first-order chi connectivity index (χ1) is 16.7. The number of nitrogens with zero attached hydrogens (tertiary/aromatic N) is 6. The van der Waals surface area contributed by atoms with Crippen molar-refractivity contribution in [2.45, 2.75) is 41.5 Å². The van der Waals surface area contributed by atoms with Crippen LogP contribution in [0.3, 0.4) is 0 Å². The summed E-state index contributed by atoms with van der Waals surface area (Å²) in [7, 11) is 0. The van der Waals surface area contributed by atoms with Crippen LogP contribution in [0, 0.1) is 19.3 Å². The molecule has 36 heavy (non-hydrogen) atoms. The van der Waals surface area contributed by atoms with Crippen molar-refractivity contribution in [3.63, 3.8) is 0 Å². The molecule has 0 spiro atoms. The lowest BCUT2D eigenvalue weighted by Gasteiger charge is -2.09. The van der Waals surface area contributed by atoms with Crippen molar-refractivity contribution in [2.75, 3.05) is 0 Å². The third-order valence-corrected chi connectivity index (χ3v) is 5.87. The van der Waals surface area contributed by atoms with E-state index in [1.165, 1.54) is 0 Å². The van der Waals surface area contributed by atoms with Crippen LogP contribution in [-0.4, -0.2) is 29.5 Å². The summed E-state index contributed by atoms with van der Waals surface area (Å²) in [6, 6.07) is 17.8. The summed E-state index contributed by atoms with van der Waals surface area (Å²) < 4.78 is 15.6. The number of fused-ring (bicyclic) bond motifs is 5. The molecule has 0 bridgehead atoms. The summed E-state index contributed by atoms with van der Waals surface area (Å²) in [5.41, 5.74) is 6.14. The fourth-order valence-electron chi connectivity index (χ4n) is 4.22. The van der Waals surface area contributed by atoms with Crippen molar-refractivity contribution in [1.29, 1.82) is 0 Å². The molecule has 0 atom stereocenters. The Morgan fingerprint density at radius 3 is 2.64 bits per heavy atom. The SMILES string of the molecule is C.C.C#Cc1ccc2c(c1)-c1nnc(COCc3ccccc3)n1Cc1c(-c3cc(C)no3)ncn1-2. The lowest BCUT2D eigenvalue weighted by molar-refractivity contribution is 0.0994. The highest BCUT2D eigenvalue weighted by atomic mass is 16.5. The number of aromatic nitrogens is 6. The summed E-state index contributed by atoms with van der Waals surface area (Å²) in [6.45, 7) is 3.18. The average Bonchev–Trinajstić information content (AvgIpc) is 3.57. The molecule has 2 aromatic carbocycles. The minimum Gasteiger partial charge on any atom is -0.369 e. The Morgan fingerprint density at radius 2 is 1.89 bits per heavy atom. The molecule has 0 radical (unpaired) electrons. The number of rotatable bonds is 5. The predicted octanol–water partition coefficient (Wildman–Crippen LogP) is 5.43. The van der Waals surface area contributed by atoms with Crippen molar-refractivity contribution >= 4 is 0 Å². The maximum absolute atomic E-state index is 5.98. The Bertz CT molecular complexity index is 1540. The molecular formula is C28H28N6O2. The van der Waals surface area contributed by atoms with Gasteiger partial charge in [-0.25, -0.2) is 4.98 Å². The molecule has 0 N–H and O–H groups in total. The number of hydrogen-bond acceptors (Lipinski definition) is 6. The maximum Gasteiger partial charge on any atom is 0.187 e. The molecule has 5 aromatic rings. The van der Waals surface area contributed by atoms with E-state index in [1.54, 1.807) is 6.33 Å². The summed E-state index contributed by atoms with van der Waals surface area (Å²) in [5, 5.41) is 13.0. The lowest BCUT2D eigenvalue weighted by Crippen LogP contribution is -2.09. The van der Waals surface area contributed by atoms with Gasteiger partial charge in [-0.05, 0) is 30.7 Å². The molecule has 0 saturated carbocycles. The van der Waals surface area contributed by atoms with Crippen molar-refractivity contribution in [3.8, 4) is 40.9 Å². The predicted molar refractivity (Wildman–Crippen MR) is 138 cm³/mol. The Labute approximate surface area is 210 Å². The first-order valence-corrected chi connectivity index (χ1v) is 10.9. The highest BCUT2D eigenvalue weighted by Gasteiger charge is 2.27. The molecule has 1 aliphatic heterocycles. The standard InChI is InChI=1S/C26H20N6O2.2CH4/c1-3-18-9-10-21-20(12-18)26-29-28-24(15-33-14-19-7-5-4-6-8-19)31(26)13-22-25(27-16-32(21)22)23-11-17(2)30-34-23;;/h1,4-12,16H,13-15H2,2H3;2*1H4. The van der Waals surface area contributed by atoms with Gasteiger partial charge in [0.1, 0.15) is 18.6 Å². The molecular weight excluding hydrogens is 452 g/mol. The number of benzene rings is 2. The molecule has 1 aliphatic rings. The van der Waals surface area contributed by atoms with Gasteiger partial charge in [-0.2, -0.15) is 0 Å². The Balaban J connectivity index is 0.00000152.